The van der Waals surface area contributed by atoms with Crippen molar-refractivity contribution in [3.8, 4) is 0 Å². The summed E-state index contributed by atoms with van der Waals surface area (Å²) in [7, 11) is 0. The lowest BCUT2D eigenvalue weighted by Crippen LogP contribution is -1.74. The maximum absolute atomic E-state index is 3.99. The number of H-pyrrole nitrogens is 1. The molecule has 0 radical (unpaired) electrons. The van der Waals surface area contributed by atoms with Crippen LogP contribution < -0.4 is 0 Å². The van der Waals surface area contributed by atoms with Gasteiger partial charge < -0.3 is 0 Å². The number of aryl methyl sites for hydroxylation is 1. The molecule has 0 aliphatic rings. The molecule has 0 bridgehead atoms. The predicted molar refractivity (Wildman–Crippen MR) is 66.2 cm³/mol. The summed E-state index contributed by atoms with van der Waals surface area (Å²) in [5.74, 6) is 0. The lowest BCUT2D eigenvalue weighted by Gasteiger charge is -1.87. The van der Waals surface area contributed by atoms with Crippen molar-refractivity contribution in [2.75, 3.05) is 0 Å². The second kappa shape index (κ2) is 9.78. The molecule has 1 heterocycles. The molecule has 0 aliphatic carbocycles. The predicted octanol–water partition coefficient (Wildman–Crippen LogP) is 4.06. The van der Waals surface area contributed by atoms with Gasteiger partial charge in [-0.2, -0.15) is 5.10 Å². The first-order chi connectivity index (χ1) is 6.79. The molecule has 2 nitrogen and oxygen atoms in total. The van der Waals surface area contributed by atoms with Gasteiger partial charge in [-0.25, -0.2) is 0 Å². The molecule has 0 spiro atoms. The molecule has 0 amide bonds. The van der Waals surface area contributed by atoms with Gasteiger partial charge in [-0.05, 0) is 13.0 Å². The fraction of sp³-hybridized carbons (Fsp3) is 0.417. The topological polar surface area (TPSA) is 28.7 Å². The summed E-state index contributed by atoms with van der Waals surface area (Å²) in [5.41, 5.74) is 2.94. The van der Waals surface area contributed by atoms with Crippen molar-refractivity contribution in [3.63, 3.8) is 0 Å². The smallest absolute Gasteiger partial charge is 0.0917 e. The summed E-state index contributed by atoms with van der Waals surface area (Å²) in [5, 5.41) is 6.84. The van der Waals surface area contributed by atoms with Crippen molar-refractivity contribution < 1.29 is 0 Å². The first-order valence-electron chi connectivity index (χ1n) is 5.09. The van der Waals surface area contributed by atoms with E-state index in [-0.39, 0.29) is 0 Å². The Hall–Kier alpha value is -1.31. The highest BCUT2D eigenvalue weighted by Gasteiger charge is 2.00. The van der Waals surface area contributed by atoms with Crippen molar-refractivity contribution >= 4 is 12.2 Å². The van der Waals surface area contributed by atoms with Crippen LogP contribution in [0.2, 0.25) is 0 Å². The maximum Gasteiger partial charge on any atom is 0.0917 e. The van der Waals surface area contributed by atoms with Crippen LogP contribution in [0.25, 0.3) is 12.2 Å². The Morgan fingerprint density at radius 2 is 1.57 bits per heavy atom. The molecule has 0 atom stereocenters. The molecule has 1 rings (SSSR count). The zero-order valence-electron chi connectivity index (χ0n) is 10.0. The van der Waals surface area contributed by atoms with Gasteiger partial charge in [0.2, 0.25) is 0 Å². The number of nitrogens with one attached hydrogen (secondary N) is 1. The van der Waals surface area contributed by atoms with E-state index in [4.69, 9.17) is 0 Å². The van der Waals surface area contributed by atoms with E-state index in [1.54, 1.807) is 12.2 Å². The SMILES string of the molecule is C=Cc1n[nH]c(C)c1C=C.CC.CC. The van der Waals surface area contributed by atoms with Crippen molar-refractivity contribution in [1.82, 2.24) is 10.2 Å². The molecule has 0 saturated carbocycles. The van der Waals surface area contributed by atoms with Crippen LogP contribution >= 0.6 is 0 Å². The Balaban J connectivity index is 0. The fourth-order valence-electron chi connectivity index (χ4n) is 0.870. The normalized spacial score (nSPS) is 7.50. The Labute approximate surface area is 87.7 Å². The standard InChI is InChI=1S/C8H10N2.2C2H6/c1-4-7-6(3)9-10-8(7)5-2;2*1-2/h4-5H,1-2H2,3H3,(H,9,10);2*1-2H3. The second-order valence-corrected chi connectivity index (χ2v) is 2.06. The summed E-state index contributed by atoms with van der Waals surface area (Å²) >= 11 is 0. The highest BCUT2D eigenvalue weighted by Crippen LogP contribution is 2.11. The average molecular weight is 194 g/mol. The van der Waals surface area contributed by atoms with E-state index < -0.39 is 0 Å². The monoisotopic (exact) mass is 194 g/mol. The number of rotatable bonds is 2. The third-order valence-electron chi connectivity index (χ3n) is 1.42. The van der Waals surface area contributed by atoms with Crippen LogP contribution in [0.5, 0.6) is 0 Å². The number of hydrogen-bond donors (Lipinski definition) is 1. The van der Waals surface area contributed by atoms with Crippen LogP contribution in [0.3, 0.4) is 0 Å². The lowest BCUT2D eigenvalue weighted by molar-refractivity contribution is 1.04. The third kappa shape index (κ3) is 4.08. The summed E-state index contributed by atoms with van der Waals surface area (Å²) in [6.07, 6.45) is 3.48. The number of hydrogen-bond acceptors (Lipinski definition) is 1. The molecule has 0 aromatic carbocycles. The van der Waals surface area contributed by atoms with Gasteiger partial charge in [0, 0.05) is 11.3 Å². The van der Waals surface area contributed by atoms with Crippen LogP contribution in [0.4, 0.5) is 0 Å². The Bertz CT molecular complexity index is 259. The van der Waals surface area contributed by atoms with E-state index in [2.05, 4.69) is 23.4 Å². The maximum atomic E-state index is 3.99. The Morgan fingerprint density at radius 3 is 1.86 bits per heavy atom. The summed E-state index contributed by atoms with van der Waals surface area (Å²) in [6.45, 7) is 17.2. The van der Waals surface area contributed by atoms with E-state index >= 15 is 0 Å². The quantitative estimate of drug-likeness (QED) is 0.755. The van der Waals surface area contributed by atoms with Crippen LogP contribution in [0, 0.1) is 6.92 Å². The molecular formula is C12H22N2. The molecule has 0 aliphatic heterocycles. The minimum Gasteiger partial charge on any atom is -0.282 e. The molecule has 1 aromatic heterocycles. The second-order valence-electron chi connectivity index (χ2n) is 2.06. The average Bonchev–Trinajstić information content (AvgIpc) is 2.64. The van der Waals surface area contributed by atoms with Crippen molar-refractivity contribution in [2.24, 2.45) is 0 Å². The largest absolute Gasteiger partial charge is 0.282 e. The molecule has 0 fully saturated rings. The summed E-state index contributed by atoms with van der Waals surface area (Å²) in [6, 6.07) is 0. The van der Waals surface area contributed by atoms with Gasteiger partial charge in [0.15, 0.2) is 0 Å². The molecule has 2 heteroatoms. The van der Waals surface area contributed by atoms with Gasteiger partial charge in [0.25, 0.3) is 0 Å². The van der Waals surface area contributed by atoms with Gasteiger partial charge in [-0.1, -0.05) is 46.9 Å². The highest BCUT2D eigenvalue weighted by atomic mass is 15.1. The molecule has 0 saturated heterocycles. The highest BCUT2D eigenvalue weighted by molar-refractivity contribution is 5.62. The van der Waals surface area contributed by atoms with Crippen molar-refractivity contribution in [2.45, 2.75) is 34.6 Å². The molecular weight excluding hydrogens is 172 g/mol. The minimum absolute atomic E-state index is 0.868. The first-order valence-corrected chi connectivity index (χ1v) is 5.09. The number of aromatic amines is 1. The number of aromatic nitrogens is 2. The van der Waals surface area contributed by atoms with Gasteiger partial charge in [0.1, 0.15) is 0 Å². The molecule has 80 valence electrons. The number of nitrogens with zero attached hydrogens (tertiary/aromatic N) is 1. The Morgan fingerprint density at radius 1 is 1.07 bits per heavy atom. The van der Waals surface area contributed by atoms with Crippen LogP contribution in [-0.2, 0) is 0 Å². The molecule has 1 aromatic rings. The summed E-state index contributed by atoms with van der Waals surface area (Å²) in [4.78, 5) is 0. The van der Waals surface area contributed by atoms with Crippen LogP contribution in [-0.4, -0.2) is 10.2 Å². The molecule has 1 N–H and O–H groups in total. The third-order valence-corrected chi connectivity index (χ3v) is 1.42. The van der Waals surface area contributed by atoms with Gasteiger partial charge >= 0.3 is 0 Å². The summed E-state index contributed by atoms with van der Waals surface area (Å²) < 4.78 is 0. The Kier molecular flexibility index (Phi) is 10.6. The van der Waals surface area contributed by atoms with Gasteiger partial charge in [0.05, 0.1) is 5.69 Å². The van der Waals surface area contributed by atoms with E-state index in [0.717, 1.165) is 17.0 Å². The van der Waals surface area contributed by atoms with E-state index in [1.807, 2.05) is 34.6 Å². The fourth-order valence-corrected chi connectivity index (χ4v) is 0.870. The molecule has 0 unspecified atom stereocenters. The van der Waals surface area contributed by atoms with E-state index in [1.165, 1.54) is 0 Å². The van der Waals surface area contributed by atoms with Crippen molar-refractivity contribution in [1.29, 1.82) is 0 Å². The first kappa shape index (κ1) is 15.2. The van der Waals surface area contributed by atoms with Crippen LogP contribution in [0.15, 0.2) is 13.2 Å². The van der Waals surface area contributed by atoms with E-state index in [9.17, 15) is 0 Å². The van der Waals surface area contributed by atoms with Crippen molar-refractivity contribution in [3.05, 3.63) is 30.1 Å². The van der Waals surface area contributed by atoms with Crippen LogP contribution in [0.1, 0.15) is 44.6 Å². The van der Waals surface area contributed by atoms with Gasteiger partial charge in [-0.3, -0.25) is 5.10 Å². The van der Waals surface area contributed by atoms with E-state index in [0.29, 0.717) is 0 Å². The minimum atomic E-state index is 0.868. The van der Waals surface area contributed by atoms with Gasteiger partial charge in [-0.15, -0.1) is 0 Å². The molecule has 14 heavy (non-hydrogen) atoms. The lowest BCUT2D eigenvalue weighted by atomic mass is 10.2. The zero-order valence-corrected chi connectivity index (χ0v) is 10.0. The zero-order chi connectivity index (χ0) is 11.6.